The third-order valence-electron chi connectivity index (χ3n) is 4.30. The number of methoxy groups -OCH3 is 2. The lowest BCUT2D eigenvalue weighted by molar-refractivity contribution is -0.140. The maximum Gasteiger partial charge on any atom is 0.242 e. The van der Waals surface area contributed by atoms with E-state index in [1.54, 1.807) is 25.2 Å². The first-order chi connectivity index (χ1) is 11.5. The summed E-state index contributed by atoms with van der Waals surface area (Å²) in [5.74, 6) is 1.15. The average Bonchev–Trinajstić information content (AvgIpc) is 2.61. The maximum absolute atomic E-state index is 12.4. The molecule has 0 N–H and O–H groups in total. The van der Waals surface area contributed by atoms with Crippen LogP contribution in [0.3, 0.4) is 0 Å². The van der Waals surface area contributed by atoms with Gasteiger partial charge in [0.1, 0.15) is 6.54 Å². The van der Waals surface area contributed by atoms with Crippen molar-refractivity contribution in [2.24, 2.45) is 0 Å². The third-order valence-corrected chi connectivity index (χ3v) is 4.30. The SMILES string of the molecule is COc1ccc(CN(CC(=O)N2CCCCC2)C(C)=O)cc1OC. The van der Waals surface area contributed by atoms with Crippen molar-refractivity contribution in [2.45, 2.75) is 32.7 Å². The highest BCUT2D eigenvalue weighted by Gasteiger charge is 2.21. The second-order valence-electron chi connectivity index (χ2n) is 6.01. The first-order valence-electron chi connectivity index (χ1n) is 8.29. The minimum atomic E-state index is -0.116. The van der Waals surface area contributed by atoms with E-state index in [0.29, 0.717) is 18.0 Å². The number of benzene rings is 1. The molecule has 1 aliphatic rings. The van der Waals surface area contributed by atoms with Gasteiger partial charge < -0.3 is 19.3 Å². The van der Waals surface area contributed by atoms with Crippen molar-refractivity contribution in [3.05, 3.63) is 23.8 Å². The van der Waals surface area contributed by atoms with E-state index in [9.17, 15) is 9.59 Å². The van der Waals surface area contributed by atoms with Crippen LogP contribution in [-0.2, 0) is 16.1 Å². The monoisotopic (exact) mass is 334 g/mol. The van der Waals surface area contributed by atoms with Gasteiger partial charge in [-0.2, -0.15) is 0 Å². The summed E-state index contributed by atoms with van der Waals surface area (Å²) in [7, 11) is 3.15. The first-order valence-corrected chi connectivity index (χ1v) is 8.29. The van der Waals surface area contributed by atoms with Gasteiger partial charge in [-0.25, -0.2) is 0 Å². The molecule has 2 rings (SSSR count). The van der Waals surface area contributed by atoms with E-state index in [0.717, 1.165) is 31.5 Å². The Labute approximate surface area is 143 Å². The highest BCUT2D eigenvalue weighted by atomic mass is 16.5. The van der Waals surface area contributed by atoms with Gasteiger partial charge in [0.05, 0.1) is 14.2 Å². The van der Waals surface area contributed by atoms with Crippen molar-refractivity contribution in [3.63, 3.8) is 0 Å². The third kappa shape index (κ3) is 4.63. The Morgan fingerprint density at radius 2 is 1.75 bits per heavy atom. The minimum Gasteiger partial charge on any atom is -0.493 e. The fraction of sp³-hybridized carbons (Fsp3) is 0.556. The van der Waals surface area contributed by atoms with Crippen molar-refractivity contribution in [1.29, 1.82) is 0 Å². The molecule has 1 aliphatic heterocycles. The van der Waals surface area contributed by atoms with Crippen molar-refractivity contribution in [1.82, 2.24) is 9.80 Å². The number of carbonyl (C=O) groups excluding carboxylic acids is 2. The molecule has 1 heterocycles. The number of hydrogen-bond donors (Lipinski definition) is 0. The predicted molar refractivity (Wildman–Crippen MR) is 91.1 cm³/mol. The lowest BCUT2D eigenvalue weighted by Gasteiger charge is -2.29. The molecule has 2 amide bonds. The second-order valence-corrected chi connectivity index (χ2v) is 6.01. The van der Waals surface area contributed by atoms with Crippen LogP contribution in [0, 0.1) is 0 Å². The van der Waals surface area contributed by atoms with Crippen LogP contribution in [0.2, 0.25) is 0 Å². The molecule has 1 aromatic rings. The second kappa shape index (κ2) is 8.57. The van der Waals surface area contributed by atoms with Crippen LogP contribution in [-0.4, -0.2) is 55.5 Å². The lowest BCUT2D eigenvalue weighted by atomic mass is 10.1. The van der Waals surface area contributed by atoms with Gasteiger partial charge >= 0.3 is 0 Å². The molecule has 6 heteroatoms. The molecule has 0 saturated carbocycles. The van der Waals surface area contributed by atoms with Crippen molar-refractivity contribution < 1.29 is 19.1 Å². The molecule has 0 aromatic heterocycles. The first kappa shape index (κ1) is 18.1. The number of rotatable bonds is 6. The number of nitrogens with zero attached hydrogens (tertiary/aromatic N) is 2. The predicted octanol–water partition coefficient (Wildman–Crippen LogP) is 2.06. The zero-order valence-electron chi connectivity index (χ0n) is 14.7. The number of hydrogen-bond acceptors (Lipinski definition) is 4. The quantitative estimate of drug-likeness (QED) is 0.799. The van der Waals surface area contributed by atoms with Crippen LogP contribution in [0.1, 0.15) is 31.7 Å². The summed E-state index contributed by atoms with van der Waals surface area (Å²) in [6.45, 7) is 3.56. The average molecular weight is 334 g/mol. The van der Waals surface area contributed by atoms with E-state index >= 15 is 0 Å². The van der Waals surface area contributed by atoms with Gasteiger partial charge in [0.15, 0.2) is 11.5 Å². The molecule has 1 fully saturated rings. The summed E-state index contributed by atoms with van der Waals surface area (Å²) in [4.78, 5) is 27.8. The maximum atomic E-state index is 12.4. The normalized spacial score (nSPS) is 14.2. The summed E-state index contributed by atoms with van der Waals surface area (Å²) in [6.07, 6.45) is 3.26. The van der Waals surface area contributed by atoms with E-state index in [2.05, 4.69) is 0 Å². The molecule has 0 radical (unpaired) electrons. The molecular weight excluding hydrogens is 308 g/mol. The van der Waals surface area contributed by atoms with Gasteiger partial charge in [0.25, 0.3) is 0 Å². The van der Waals surface area contributed by atoms with Gasteiger partial charge in [-0.1, -0.05) is 6.07 Å². The van der Waals surface area contributed by atoms with Crippen molar-refractivity contribution >= 4 is 11.8 Å². The number of piperidine rings is 1. The molecule has 0 unspecified atom stereocenters. The standard InChI is InChI=1S/C18H26N2O4/c1-14(21)20(13-18(22)19-9-5-4-6-10-19)12-15-7-8-16(23-2)17(11-15)24-3/h7-8,11H,4-6,9-10,12-13H2,1-3H3. The smallest absolute Gasteiger partial charge is 0.242 e. The molecule has 0 spiro atoms. The summed E-state index contributed by atoms with van der Waals surface area (Å²) in [6, 6.07) is 5.52. The summed E-state index contributed by atoms with van der Waals surface area (Å²) >= 11 is 0. The van der Waals surface area contributed by atoms with E-state index < -0.39 is 0 Å². The van der Waals surface area contributed by atoms with Crippen LogP contribution < -0.4 is 9.47 Å². The summed E-state index contributed by atoms with van der Waals surface area (Å²) < 4.78 is 10.5. The molecule has 6 nitrogen and oxygen atoms in total. The van der Waals surface area contributed by atoms with E-state index in [1.165, 1.54) is 13.3 Å². The van der Waals surface area contributed by atoms with Gasteiger partial charge in [0, 0.05) is 26.6 Å². The zero-order valence-corrected chi connectivity index (χ0v) is 14.7. The van der Waals surface area contributed by atoms with Crippen LogP contribution in [0.15, 0.2) is 18.2 Å². The lowest BCUT2D eigenvalue weighted by Crippen LogP contribution is -2.43. The van der Waals surface area contributed by atoms with Gasteiger partial charge in [-0.3, -0.25) is 9.59 Å². The molecule has 1 saturated heterocycles. The van der Waals surface area contributed by atoms with E-state index in [4.69, 9.17) is 9.47 Å². The number of carbonyl (C=O) groups is 2. The Morgan fingerprint density at radius 1 is 1.08 bits per heavy atom. The molecule has 132 valence electrons. The summed E-state index contributed by atoms with van der Waals surface area (Å²) in [5, 5.41) is 0. The fourth-order valence-electron chi connectivity index (χ4n) is 2.88. The van der Waals surface area contributed by atoms with E-state index in [1.807, 2.05) is 17.0 Å². The Balaban J connectivity index is 2.05. The van der Waals surface area contributed by atoms with Crippen molar-refractivity contribution in [3.8, 4) is 11.5 Å². The largest absolute Gasteiger partial charge is 0.493 e. The van der Waals surface area contributed by atoms with Gasteiger partial charge in [-0.15, -0.1) is 0 Å². The van der Waals surface area contributed by atoms with Crippen LogP contribution >= 0.6 is 0 Å². The Morgan fingerprint density at radius 3 is 2.33 bits per heavy atom. The van der Waals surface area contributed by atoms with Crippen LogP contribution in [0.5, 0.6) is 11.5 Å². The Bertz CT molecular complexity index is 582. The highest BCUT2D eigenvalue weighted by molar-refractivity contribution is 5.83. The number of ether oxygens (including phenoxy) is 2. The molecule has 0 atom stereocenters. The summed E-state index contributed by atoms with van der Waals surface area (Å²) in [5.41, 5.74) is 0.897. The van der Waals surface area contributed by atoms with Gasteiger partial charge in [-0.05, 0) is 37.0 Å². The molecule has 0 bridgehead atoms. The topological polar surface area (TPSA) is 59.1 Å². The Hall–Kier alpha value is -2.24. The number of amides is 2. The molecular formula is C18H26N2O4. The fourth-order valence-corrected chi connectivity index (χ4v) is 2.88. The van der Waals surface area contributed by atoms with Gasteiger partial charge in [0.2, 0.25) is 11.8 Å². The number of likely N-dealkylation sites (tertiary alicyclic amines) is 1. The van der Waals surface area contributed by atoms with Crippen LogP contribution in [0.4, 0.5) is 0 Å². The molecule has 24 heavy (non-hydrogen) atoms. The van der Waals surface area contributed by atoms with Crippen molar-refractivity contribution in [2.75, 3.05) is 33.9 Å². The zero-order chi connectivity index (χ0) is 17.5. The minimum absolute atomic E-state index is 0.0189. The molecule has 1 aromatic carbocycles. The van der Waals surface area contributed by atoms with Crippen LogP contribution in [0.25, 0.3) is 0 Å². The Kier molecular flexibility index (Phi) is 6.46. The van der Waals surface area contributed by atoms with E-state index in [-0.39, 0.29) is 18.4 Å². The molecule has 0 aliphatic carbocycles. The highest BCUT2D eigenvalue weighted by Crippen LogP contribution is 2.28.